The number of ketones is 1. The molecule has 0 saturated heterocycles. The van der Waals surface area contributed by atoms with Crippen LogP contribution in [-0.4, -0.2) is 18.4 Å². The molecule has 0 aliphatic heterocycles. The fourth-order valence-corrected chi connectivity index (χ4v) is 1.65. The maximum absolute atomic E-state index is 11.8. The summed E-state index contributed by atoms with van der Waals surface area (Å²) in [4.78, 5) is 11.8. The van der Waals surface area contributed by atoms with Crippen molar-refractivity contribution in [3.05, 3.63) is 33.8 Å². The van der Waals surface area contributed by atoms with Gasteiger partial charge in [-0.15, -0.1) is 0 Å². The van der Waals surface area contributed by atoms with Gasteiger partial charge < -0.3 is 5.32 Å². The second-order valence-corrected chi connectivity index (χ2v) is 4.83. The molecule has 3 heteroatoms. The first-order chi connectivity index (χ1) is 7.00. The van der Waals surface area contributed by atoms with E-state index in [0.717, 1.165) is 15.6 Å². The predicted octanol–water partition coefficient (Wildman–Crippen LogP) is 2.94. The molecule has 0 radical (unpaired) electrons. The Kier molecular flexibility index (Phi) is 4.48. The SMILES string of the molecule is Cc1ccc(Br)cc1C(=O)CNC(C)C. The van der Waals surface area contributed by atoms with Crippen LogP contribution in [-0.2, 0) is 0 Å². The molecule has 1 rings (SSSR count). The summed E-state index contributed by atoms with van der Waals surface area (Å²) in [5.74, 6) is 0.141. The van der Waals surface area contributed by atoms with Gasteiger partial charge in [0.15, 0.2) is 5.78 Å². The molecule has 0 saturated carbocycles. The normalized spacial score (nSPS) is 10.7. The van der Waals surface area contributed by atoms with Crippen LogP contribution < -0.4 is 5.32 Å². The maximum atomic E-state index is 11.8. The van der Waals surface area contributed by atoms with E-state index in [9.17, 15) is 4.79 Å². The molecule has 0 unspecified atom stereocenters. The minimum Gasteiger partial charge on any atom is -0.307 e. The highest BCUT2D eigenvalue weighted by Gasteiger charge is 2.09. The Morgan fingerprint density at radius 2 is 2.13 bits per heavy atom. The topological polar surface area (TPSA) is 29.1 Å². The van der Waals surface area contributed by atoms with Crippen LogP contribution in [0.4, 0.5) is 0 Å². The van der Waals surface area contributed by atoms with Gasteiger partial charge in [0.25, 0.3) is 0 Å². The third-order valence-electron chi connectivity index (χ3n) is 2.17. The zero-order valence-electron chi connectivity index (χ0n) is 9.30. The number of carbonyl (C=O) groups excluding carboxylic acids is 1. The first kappa shape index (κ1) is 12.4. The van der Waals surface area contributed by atoms with E-state index in [1.165, 1.54) is 0 Å². The number of Topliss-reactive ketones (excluding diaryl/α,β-unsaturated/α-hetero) is 1. The van der Waals surface area contributed by atoms with Crippen LogP contribution in [0.25, 0.3) is 0 Å². The van der Waals surface area contributed by atoms with Crippen molar-refractivity contribution in [1.82, 2.24) is 5.32 Å². The highest BCUT2D eigenvalue weighted by atomic mass is 79.9. The number of carbonyl (C=O) groups is 1. The average Bonchev–Trinajstić information content (AvgIpc) is 2.18. The Hall–Kier alpha value is -0.670. The van der Waals surface area contributed by atoms with Gasteiger partial charge in [-0.25, -0.2) is 0 Å². The monoisotopic (exact) mass is 269 g/mol. The molecular weight excluding hydrogens is 254 g/mol. The van der Waals surface area contributed by atoms with Crippen molar-refractivity contribution in [3.8, 4) is 0 Å². The molecule has 15 heavy (non-hydrogen) atoms. The van der Waals surface area contributed by atoms with Gasteiger partial charge in [0, 0.05) is 16.1 Å². The molecule has 0 spiro atoms. The van der Waals surface area contributed by atoms with Gasteiger partial charge in [0.1, 0.15) is 0 Å². The van der Waals surface area contributed by atoms with E-state index in [2.05, 4.69) is 21.2 Å². The molecule has 2 nitrogen and oxygen atoms in total. The van der Waals surface area contributed by atoms with E-state index in [-0.39, 0.29) is 5.78 Å². The summed E-state index contributed by atoms with van der Waals surface area (Å²) in [5.41, 5.74) is 1.81. The molecule has 82 valence electrons. The van der Waals surface area contributed by atoms with Crippen molar-refractivity contribution in [2.24, 2.45) is 0 Å². The van der Waals surface area contributed by atoms with E-state index in [4.69, 9.17) is 0 Å². The summed E-state index contributed by atoms with van der Waals surface area (Å²) in [5, 5.41) is 3.13. The number of aryl methyl sites for hydroxylation is 1. The summed E-state index contributed by atoms with van der Waals surface area (Å²) in [6.45, 7) is 6.41. The van der Waals surface area contributed by atoms with E-state index in [1.54, 1.807) is 0 Å². The molecule has 0 fully saturated rings. The lowest BCUT2D eigenvalue weighted by Gasteiger charge is -2.09. The highest BCUT2D eigenvalue weighted by Crippen LogP contribution is 2.16. The standard InChI is InChI=1S/C12H16BrNO/c1-8(2)14-7-12(15)11-6-10(13)5-4-9(11)3/h4-6,8,14H,7H2,1-3H3. The Bertz CT molecular complexity index is 361. The second-order valence-electron chi connectivity index (χ2n) is 3.92. The molecule has 0 bridgehead atoms. The molecule has 1 N–H and O–H groups in total. The van der Waals surface area contributed by atoms with E-state index in [0.29, 0.717) is 12.6 Å². The Morgan fingerprint density at radius 1 is 1.47 bits per heavy atom. The highest BCUT2D eigenvalue weighted by molar-refractivity contribution is 9.10. The Labute approximate surface area is 99.2 Å². The summed E-state index contributed by atoms with van der Waals surface area (Å²) < 4.78 is 0.945. The first-order valence-electron chi connectivity index (χ1n) is 5.03. The number of rotatable bonds is 4. The zero-order valence-corrected chi connectivity index (χ0v) is 10.9. The molecule has 1 aromatic carbocycles. The maximum Gasteiger partial charge on any atom is 0.176 e. The van der Waals surface area contributed by atoms with Crippen molar-refractivity contribution >= 4 is 21.7 Å². The minimum absolute atomic E-state index is 0.141. The third-order valence-corrected chi connectivity index (χ3v) is 2.66. The predicted molar refractivity (Wildman–Crippen MR) is 66.3 cm³/mol. The van der Waals surface area contributed by atoms with Gasteiger partial charge in [-0.3, -0.25) is 4.79 Å². The third kappa shape index (κ3) is 3.76. The minimum atomic E-state index is 0.141. The molecule has 1 aromatic rings. The number of hydrogen-bond acceptors (Lipinski definition) is 2. The lowest BCUT2D eigenvalue weighted by atomic mass is 10.0. The quantitative estimate of drug-likeness (QED) is 0.852. The van der Waals surface area contributed by atoms with Crippen LogP contribution in [0, 0.1) is 6.92 Å². The van der Waals surface area contributed by atoms with Gasteiger partial charge >= 0.3 is 0 Å². The smallest absolute Gasteiger partial charge is 0.176 e. The lowest BCUT2D eigenvalue weighted by Crippen LogP contribution is -2.29. The van der Waals surface area contributed by atoms with Crippen LogP contribution in [0.2, 0.25) is 0 Å². The van der Waals surface area contributed by atoms with Gasteiger partial charge in [-0.1, -0.05) is 35.8 Å². The molecule has 0 atom stereocenters. The summed E-state index contributed by atoms with van der Waals surface area (Å²) in [6.07, 6.45) is 0. The van der Waals surface area contributed by atoms with Gasteiger partial charge in [0.05, 0.1) is 6.54 Å². The number of halogens is 1. The Balaban J connectivity index is 2.77. The van der Waals surface area contributed by atoms with Crippen molar-refractivity contribution in [2.45, 2.75) is 26.8 Å². The van der Waals surface area contributed by atoms with Crippen molar-refractivity contribution < 1.29 is 4.79 Å². The summed E-state index contributed by atoms with van der Waals surface area (Å²) in [6, 6.07) is 6.11. The molecule has 0 amide bonds. The van der Waals surface area contributed by atoms with Crippen LogP contribution in [0.15, 0.2) is 22.7 Å². The largest absolute Gasteiger partial charge is 0.307 e. The molecule has 0 heterocycles. The van der Waals surface area contributed by atoms with Crippen molar-refractivity contribution in [1.29, 1.82) is 0 Å². The summed E-state index contributed by atoms with van der Waals surface area (Å²) >= 11 is 3.37. The van der Waals surface area contributed by atoms with Gasteiger partial charge in [-0.2, -0.15) is 0 Å². The molecular formula is C12H16BrNO. The second kappa shape index (κ2) is 5.42. The zero-order chi connectivity index (χ0) is 11.4. The van der Waals surface area contributed by atoms with Crippen molar-refractivity contribution in [2.75, 3.05) is 6.54 Å². The van der Waals surface area contributed by atoms with E-state index >= 15 is 0 Å². The van der Waals surface area contributed by atoms with Crippen LogP contribution in [0.3, 0.4) is 0 Å². The first-order valence-corrected chi connectivity index (χ1v) is 5.82. The van der Waals surface area contributed by atoms with Gasteiger partial charge in [0.2, 0.25) is 0 Å². The fraction of sp³-hybridized carbons (Fsp3) is 0.417. The van der Waals surface area contributed by atoms with Crippen molar-refractivity contribution in [3.63, 3.8) is 0 Å². The fourth-order valence-electron chi connectivity index (χ4n) is 1.29. The summed E-state index contributed by atoms with van der Waals surface area (Å²) in [7, 11) is 0. The lowest BCUT2D eigenvalue weighted by molar-refractivity contribution is 0.0988. The average molecular weight is 270 g/mol. The van der Waals surface area contributed by atoms with E-state index in [1.807, 2.05) is 39.0 Å². The number of nitrogens with one attached hydrogen (secondary N) is 1. The number of hydrogen-bond donors (Lipinski definition) is 1. The molecule has 0 aliphatic rings. The Morgan fingerprint density at radius 3 is 2.73 bits per heavy atom. The van der Waals surface area contributed by atoms with Crippen LogP contribution in [0.1, 0.15) is 29.8 Å². The van der Waals surface area contributed by atoms with E-state index < -0.39 is 0 Å². The van der Waals surface area contributed by atoms with Gasteiger partial charge in [-0.05, 0) is 24.6 Å². The number of benzene rings is 1. The molecule has 0 aromatic heterocycles. The van der Waals surface area contributed by atoms with Crippen LogP contribution >= 0.6 is 15.9 Å². The molecule has 0 aliphatic carbocycles. The van der Waals surface area contributed by atoms with Crippen LogP contribution in [0.5, 0.6) is 0 Å².